The third-order valence-electron chi connectivity index (χ3n) is 3.60. The van der Waals surface area contributed by atoms with Gasteiger partial charge in [-0.1, -0.05) is 5.16 Å². The summed E-state index contributed by atoms with van der Waals surface area (Å²) in [6.45, 7) is 0.350. The summed E-state index contributed by atoms with van der Waals surface area (Å²) < 4.78 is 58.6. The highest BCUT2D eigenvalue weighted by Gasteiger charge is 2.41. The molecule has 1 fully saturated rings. The highest BCUT2D eigenvalue weighted by Crippen LogP contribution is 2.26. The first-order valence-electron chi connectivity index (χ1n) is 7.11. The Labute approximate surface area is 129 Å². The van der Waals surface area contributed by atoms with E-state index >= 15 is 0 Å². The Kier molecular flexibility index (Phi) is 5.55. The minimum atomic E-state index is -4.25. The Hall–Kier alpha value is -1.71. The van der Waals surface area contributed by atoms with Crippen LogP contribution >= 0.6 is 0 Å². The van der Waals surface area contributed by atoms with Crippen LogP contribution in [-0.4, -0.2) is 59.6 Å². The van der Waals surface area contributed by atoms with Crippen LogP contribution in [0, 0.1) is 6.92 Å². The van der Waals surface area contributed by atoms with Crippen molar-refractivity contribution < 1.29 is 31.6 Å². The summed E-state index contributed by atoms with van der Waals surface area (Å²) in [7, 11) is 0. The van der Waals surface area contributed by atoms with Crippen molar-refractivity contribution in [3.8, 4) is 0 Å². The van der Waals surface area contributed by atoms with E-state index in [1.54, 1.807) is 6.92 Å². The zero-order valence-corrected chi connectivity index (χ0v) is 12.5. The second-order valence-electron chi connectivity index (χ2n) is 5.38. The number of carbonyl (C=O) groups excluding carboxylic acids is 1. The first-order valence-corrected chi connectivity index (χ1v) is 7.11. The molecule has 0 aliphatic carbocycles. The molecule has 0 radical (unpaired) electrons. The van der Waals surface area contributed by atoms with Gasteiger partial charge in [0.05, 0.1) is 0 Å². The molecular weight excluding hydrogens is 322 g/mol. The first-order chi connectivity index (χ1) is 10.8. The minimum Gasteiger partial charge on any atom is -0.365 e. The van der Waals surface area contributed by atoms with Gasteiger partial charge in [-0.25, -0.2) is 8.78 Å². The molecular formula is C13H17F4N3O3. The highest BCUT2D eigenvalue weighted by molar-refractivity contribution is 5.77. The maximum absolute atomic E-state index is 12.7. The molecule has 1 aromatic rings. The average Bonchev–Trinajstić information content (AvgIpc) is 2.93. The molecule has 1 aromatic heterocycles. The molecule has 0 aromatic carbocycles. The van der Waals surface area contributed by atoms with E-state index in [9.17, 15) is 22.4 Å². The van der Waals surface area contributed by atoms with Crippen molar-refractivity contribution in [3.05, 3.63) is 11.7 Å². The molecule has 0 bridgehead atoms. The Bertz CT molecular complexity index is 530. The summed E-state index contributed by atoms with van der Waals surface area (Å²) in [6, 6.07) is 0. The lowest BCUT2D eigenvalue weighted by Gasteiger charge is -2.30. The number of hydrogen-bond acceptors (Lipinski definition) is 5. The highest BCUT2D eigenvalue weighted by atomic mass is 19.3. The summed E-state index contributed by atoms with van der Waals surface area (Å²) in [5.41, 5.74) is 0. The molecule has 0 unspecified atom stereocenters. The van der Waals surface area contributed by atoms with Crippen LogP contribution in [0.4, 0.5) is 17.6 Å². The lowest BCUT2D eigenvalue weighted by molar-refractivity contribution is -0.171. The molecule has 2 heterocycles. The number of aryl methyl sites for hydroxylation is 1. The van der Waals surface area contributed by atoms with Crippen LogP contribution in [0.25, 0.3) is 0 Å². The fourth-order valence-electron chi connectivity index (χ4n) is 2.30. The van der Waals surface area contributed by atoms with E-state index in [4.69, 9.17) is 4.52 Å². The summed E-state index contributed by atoms with van der Waals surface area (Å²) in [5.74, 6) is -3.63. The molecule has 130 valence electrons. The van der Waals surface area contributed by atoms with E-state index in [-0.39, 0.29) is 5.92 Å². The SMILES string of the molecule is Cc1nc(C2CCN(C(=O)COCC(F)(F)C(F)F)CC2)no1. The quantitative estimate of drug-likeness (QED) is 0.742. The zero-order valence-electron chi connectivity index (χ0n) is 12.5. The van der Waals surface area contributed by atoms with Gasteiger partial charge >= 0.3 is 12.3 Å². The summed E-state index contributed by atoms with van der Waals surface area (Å²) in [4.78, 5) is 17.4. The molecule has 6 nitrogen and oxygen atoms in total. The van der Waals surface area contributed by atoms with Crippen molar-refractivity contribution in [3.63, 3.8) is 0 Å². The number of hydrogen-bond donors (Lipinski definition) is 0. The van der Waals surface area contributed by atoms with Gasteiger partial charge in [0, 0.05) is 25.9 Å². The van der Waals surface area contributed by atoms with Gasteiger partial charge in [-0.05, 0) is 12.8 Å². The minimum absolute atomic E-state index is 0.0700. The van der Waals surface area contributed by atoms with Crippen molar-refractivity contribution in [2.75, 3.05) is 26.3 Å². The topological polar surface area (TPSA) is 68.5 Å². The van der Waals surface area contributed by atoms with Crippen molar-refractivity contribution in [2.45, 2.75) is 38.0 Å². The number of likely N-dealkylation sites (tertiary alicyclic amines) is 1. The third-order valence-corrected chi connectivity index (χ3v) is 3.60. The fraction of sp³-hybridized carbons (Fsp3) is 0.769. The molecule has 0 N–H and O–H groups in total. The van der Waals surface area contributed by atoms with Gasteiger partial charge in [0.1, 0.15) is 13.2 Å². The smallest absolute Gasteiger partial charge is 0.330 e. The van der Waals surface area contributed by atoms with E-state index < -0.39 is 31.5 Å². The molecule has 1 aliphatic rings. The summed E-state index contributed by atoms with van der Waals surface area (Å²) >= 11 is 0. The maximum atomic E-state index is 12.7. The lowest BCUT2D eigenvalue weighted by Crippen LogP contribution is -2.41. The van der Waals surface area contributed by atoms with Gasteiger partial charge in [0.25, 0.3) is 0 Å². The van der Waals surface area contributed by atoms with Crippen LogP contribution in [-0.2, 0) is 9.53 Å². The number of nitrogens with zero attached hydrogens (tertiary/aromatic N) is 3. The maximum Gasteiger partial charge on any atom is 0.330 e. The molecule has 1 amide bonds. The van der Waals surface area contributed by atoms with Crippen LogP contribution < -0.4 is 0 Å². The molecule has 10 heteroatoms. The van der Waals surface area contributed by atoms with Crippen LogP contribution in [0.3, 0.4) is 0 Å². The van der Waals surface area contributed by atoms with Crippen molar-refractivity contribution in [1.82, 2.24) is 15.0 Å². The number of piperidine rings is 1. The number of amides is 1. The Morgan fingerprint density at radius 2 is 2.09 bits per heavy atom. The largest absolute Gasteiger partial charge is 0.365 e. The molecule has 0 spiro atoms. The van der Waals surface area contributed by atoms with E-state index in [1.165, 1.54) is 4.90 Å². The second kappa shape index (κ2) is 7.24. The number of alkyl halides is 4. The number of aromatic nitrogens is 2. The predicted octanol–water partition coefficient (Wildman–Crippen LogP) is 2.00. The van der Waals surface area contributed by atoms with Crippen molar-refractivity contribution >= 4 is 5.91 Å². The van der Waals surface area contributed by atoms with E-state index in [0.29, 0.717) is 37.6 Å². The van der Waals surface area contributed by atoms with Crippen molar-refractivity contribution in [2.24, 2.45) is 0 Å². The molecule has 1 aliphatic heterocycles. The van der Waals surface area contributed by atoms with Crippen LogP contribution in [0.15, 0.2) is 4.52 Å². The third kappa shape index (κ3) is 4.63. The van der Waals surface area contributed by atoms with Crippen LogP contribution in [0.5, 0.6) is 0 Å². The molecule has 23 heavy (non-hydrogen) atoms. The number of halogens is 4. The second-order valence-corrected chi connectivity index (χ2v) is 5.38. The van der Waals surface area contributed by atoms with Gasteiger partial charge in [-0.15, -0.1) is 0 Å². The zero-order chi connectivity index (χ0) is 17.0. The number of carbonyl (C=O) groups is 1. The van der Waals surface area contributed by atoms with Gasteiger partial charge in [-0.2, -0.15) is 13.8 Å². The van der Waals surface area contributed by atoms with Gasteiger partial charge in [0.15, 0.2) is 5.82 Å². The Morgan fingerprint density at radius 1 is 1.43 bits per heavy atom. The van der Waals surface area contributed by atoms with E-state index in [1.807, 2.05) is 0 Å². The standard InChI is InChI=1S/C13H17F4N3O3/c1-8-18-11(19-23-8)9-2-4-20(5-3-9)10(21)6-22-7-13(16,17)12(14)15/h9,12H,2-7H2,1H3. The predicted molar refractivity (Wildman–Crippen MR) is 69.4 cm³/mol. The Balaban J connectivity index is 1.73. The van der Waals surface area contributed by atoms with E-state index in [0.717, 1.165) is 0 Å². The summed E-state index contributed by atoms with van der Waals surface area (Å²) in [6.07, 6.45) is -2.60. The normalized spacial score (nSPS) is 17.0. The molecule has 1 saturated heterocycles. The van der Waals surface area contributed by atoms with E-state index in [2.05, 4.69) is 14.9 Å². The fourth-order valence-corrected chi connectivity index (χ4v) is 2.30. The summed E-state index contributed by atoms with van der Waals surface area (Å²) in [5, 5.41) is 3.83. The number of ether oxygens (including phenoxy) is 1. The first kappa shape index (κ1) is 17.6. The number of rotatable bonds is 6. The van der Waals surface area contributed by atoms with Crippen LogP contribution in [0.2, 0.25) is 0 Å². The van der Waals surface area contributed by atoms with Gasteiger partial charge in [0.2, 0.25) is 11.8 Å². The molecule has 0 saturated carbocycles. The van der Waals surface area contributed by atoms with Crippen molar-refractivity contribution in [1.29, 1.82) is 0 Å². The van der Waals surface area contributed by atoms with Crippen LogP contribution in [0.1, 0.15) is 30.5 Å². The molecule has 0 atom stereocenters. The Morgan fingerprint density at radius 3 is 2.61 bits per heavy atom. The molecule has 2 rings (SSSR count). The van der Waals surface area contributed by atoms with Gasteiger partial charge in [-0.3, -0.25) is 4.79 Å². The monoisotopic (exact) mass is 339 g/mol. The van der Waals surface area contributed by atoms with Gasteiger partial charge < -0.3 is 14.2 Å². The lowest BCUT2D eigenvalue weighted by atomic mass is 9.96. The average molecular weight is 339 g/mol.